The second-order valence-electron chi connectivity index (χ2n) is 2.50. The summed E-state index contributed by atoms with van der Waals surface area (Å²) in [6.45, 7) is 0. The van der Waals surface area contributed by atoms with Crippen LogP contribution in [-0.2, 0) is 0 Å². The van der Waals surface area contributed by atoms with E-state index < -0.39 is 6.04 Å². The smallest absolute Gasteiger partial charge is 0.123 e. The topological polar surface area (TPSA) is 49.8 Å². The summed E-state index contributed by atoms with van der Waals surface area (Å²) < 4.78 is 12.5. The van der Waals surface area contributed by atoms with Crippen LogP contribution in [-0.4, -0.2) is 11.8 Å². The first-order valence-electron chi connectivity index (χ1n) is 3.76. The van der Waals surface area contributed by atoms with Gasteiger partial charge in [0, 0.05) is 10.6 Å². The minimum absolute atomic E-state index is 0.256. The predicted molar refractivity (Wildman–Crippen MR) is 50.7 cm³/mol. The summed E-state index contributed by atoms with van der Waals surface area (Å²) in [5.41, 5.74) is 5.39. The first kappa shape index (κ1) is 10.0. The van der Waals surface area contributed by atoms with Crippen LogP contribution < -0.4 is 5.73 Å². The van der Waals surface area contributed by atoms with Gasteiger partial charge in [0.15, 0.2) is 0 Å². The van der Waals surface area contributed by atoms with Gasteiger partial charge in [-0.05, 0) is 24.3 Å². The molecule has 1 aromatic rings. The molecule has 0 aromatic heterocycles. The Hall–Kier alpha value is -1.05. The summed E-state index contributed by atoms with van der Waals surface area (Å²) in [6, 6.07) is 7.59. The van der Waals surface area contributed by atoms with Crippen molar-refractivity contribution in [3.8, 4) is 6.07 Å². The SMILES string of the molecule is N#CC(N)CSc1ccc(F)cc1. The lowest BCUT2D eigenvalue weighted by Gasteiger charge is -2.01. The van der Waals surface area contributed by atoms with E-state index >= 15 is 0 Å². The summed E-state index contributed by atoms with van der Waals surface area (Å²) in [4.78, 5) is 0.923. The van der Waals surface area contributed by atoms with E-state index in [1.54, 1.807) is 12.1 Å². The molecule has 0 saturated heterocycles. The number of nitrogens with zero attached hydrogens (tertiary/aromatic N) is 1. The van der Waals surface area contributed by atoms with E-state index in [-0.39, 0.29) is 5.82 Å². The molecule has 0 heterocycles. The van der Waals surface area contributed by atoms with E-state index in [4.69, 9.17) is 11.0 Å². The van der Waals surface area contributed by atoms with Crippen molar-refractivity contribution >= 4 is 11.8 Å². The maximum Gasteiger partial charge on any atom is 0.123 e. The van der Waals surface area contributed by atoms with Gasteiger partial charge in [-0.1, -0.05) is 0 Å². The summed E-state index contributed by atoms with van der Waals surface area (Å²) in [7, 11) is 0. The molecule has 0 fully saturated rings. The highest BCUT2D eigenvalue weighted by molar-refractivity contribution is 7.99. The van der Waals surface area contributed by atoms with Crippen molar-refractivity contribution in [2.75, 3.05) is 5.75 Å². The number of nitriles is 1. The predicted octanol–water partition coefficient (Wildman–Crippen LogP) is 1.77. The van der Waals surface area contributed by atoms with Crippen molar-refractivity contribution in [2.24, 2.45) is 5.73 Å². The molecular weight excluding hydrogens is 187 g/mol. The van der Waals surface area contributed by atoms with Gasteiger partial charge in [0.25, 0.3) is 0 Å². The highest BCUT2D eigenvalue weighted by atomic mass is 32.2. The zero-order valence-corrected chi connectivity index (χ0v) is 7.72. The van der Waals surface area contributed by atoms with Crippen molar-refractivity contribution in [2.45, 2.75) is 10.9 Å². The molecular formula is C9H9FN2S. The molecule has 0 saturated carbocycles. The Kier molecular flexibility index (Phi) is 3.74. The summed E-state index contributed by atoms with van der Waals surface area (Å²) in [6.07, 6.45) is 0. The molecule has 0 spiro atoms. The fourth-order valence-electron chi connectivity index (χ4n) is 0.754. The molecule has 68 valence electrons. The standard InChI is InChI=1S/C9H9FN2S/c10-7-1-3-9(4-2-7)13-6-8(12)5-11/h1-4,8H,6,12H2. The van der Waals surface area contributed by atoms with E-state index in [0.717, 1.165) is 4.90 Å². The van der Waals surface area contributed by atoms with Crippen LogP contribution in [0.25, 0.3) is 0 Å². The first-order valence-corrected chi connectivity index (χ1v) is 4.74. The zero-order chi connectivity index (χ0) is 9.68. The van der Waals surface area contributed by atoms with Crippen LogP contribution >= 0.6 is 11.8 Å². The van der Waals surface area contributed by atoms with Gasteiger partial charge in [0.1, 0.15) is 11.9 Å². The highest BCUT2D eigenvalue weighted by Gasteiger charge is 2.00. The van der Waals surface area contributed by atoms with Crippen LogP contribution in [0.2, 0.25) is 0 Å². The molecule has 1 rings (SSSR count). The van der Waals surface area contributed by atoms with E-state index in [2.05, 4.69) is 0 Å². The van der Waals surface area contributed by atoms with Crippen LogP contribution in [0.5, 0.6) is 0 Å². The number of halogens is 1. The highest BCUT2D eigenvalue weighted by Crippen LogP contribution is 2.18. The molecule has 0 aliphatic carbocycles. The summed E-state index contributed by atoms with van der Waals surface area (Å²) >= 11 is 1.45. The fraction of sp³-hybridized carbons (Fsp3) is 0.222. The second kappa shape index (κ2) is 4.85. The lowest BCUT2D eigenvalue weighted by atomic mass is 10.3. The lowest BCUT2D eigenvalue weighted by molar-refractivity contribution is 0.626. The Bertz CT molecular complexity index is 304. The van der Waals surface area contributed by atoms with Crippen molar-refractivity contribution < 1.29 is 4.39 Å². The molecule has 0 aliphatic heterocycles. The molecule has 0 bridgehead atoms. The third-order valence-electron chi connectivity index (χ3n) is 1.41. The maximum absolute atomic E-state index is 12.5. The van der Waals surface area contributed by atoms with Crippen LogP contribution in [0.1, 0.15) is 0 Å². The molecule has 0 radical (unpaired) electrons. The van der Waals surface area contributed by atoms with E-state index in [0.29, 0.717) is 5.75 Å². The molecule has 2 N–H and O–H groups in total. The Morgan fingerprint density at radius 2 is 2.08 bits per heavy atom. The molecule has 1 atom stereocenters. The largest absolute Gasteiger partial charge is 0.315 e. The zero-order valence-electron chi connectivity index (χ0n) is 6.90. The number of thioether (sulfide) groups is 1. The maximum atomic E-state index is 12.5. The Morgan fingerprint density at radius 1 is 1.46 bits per heavy atom. The summed E-state index contributed by atoms with van der Waals surface area (Å²) in [5, 5.41) is 8.41. The van der Waals surface area contributed by atoms with Crippen molar-refractivity contribution in [3.63, 3.8) is 0 Å². The third-order valence-corrected chi connectivity index (χ3v) is 2.54. The van der Waals surface area contributed by atoms with Gasteiger partial charge in [-0.2, -0.15) is 5.26 Å². The average molecular weight is 196 g/mol. The molecule has 13 heavy (non-hydrogen) atoms. The van der Waals surface area contributed by atoms with E-state index in [1.807, 2.05) is 6.07 Å². The van der Waals surface area contributed by atoms with Gasteiger partial charge in [-0.3, -0.25) is 0 Å². The minimum Gasteiger partial charge on any atom is -0.315 e. The number of hydrogen-bond donors (Lipinski definition) is 1. The Balaban J connectivity index is 2.47. The van der Waals surface area contributed by atoms with Gasteiger partial charge in [0.05, 0.1) is 6.07 Å². The molecule has 4 heteroatoms. The Labute approximate surface area is 80.5 Å². The number of rotatable bonds is 3. The van der Waals surface area contributed by atoms with E-state index in [9.17, 15) is 4.39 Å². The Morgan fingerprint density at radius 3 is 2.62 bits per heavy atom. The number of benzene rings is 1. The van der Waals surface area contributed by atoms with Crippen LogP contribution in [0.3, 0.4) is 0 Å². The van der Waals surface area contributed by atoms with Crippen LogP contribution in [0.15, 0.2) is 29.2 Å². The van der Waals surface area contributed by atoms with E-state index in [1.165, 1.54) is 23.9 Å². The fourth-order valence-corrected chi connectivity index (χ4v) is 1.53. The van der Waals surface area contributed by atoms with Gasteiger partial charge in [0.2, 0.25) is 0 Å². The lowest BCUT2D eigenvalue weighted by Crippen LogP contribution is -2.19. The van der Waals surface area contributed by atoms with Gasteiger partial charge in [-0.25, -0.2) is 4.39 Å². The molecule has 0 aliphatic rings. The molecule has 1 unspecified atom stereocenters. The van der Waals surface area contributed by atoms with Crippen LogP contribution in [0.4, 0.5) is 4.39 Å². The minimum atomic E-state index is -0.463. The molecule has 1 aromatic carbocycles. The van der Waals surface area contributed by atoms with Crippen molar-refractivity contribution in [1.82, 2.24) is 0 Å². The molecule has 0 amide bonds. The van der Waals surface area contributed by atoms with Crippen molar-refractivity contribution in [1.29, 1.82) is 5.26 Å². The number of nitrogens with two attached hydrogens (primary N) is 1. The first-order chi connectivity index (χ1) is 6.22. The summed E-state index contributed by atoms with van der Waals surface area (Å²) in [5.74, 6) is 0.274. The normalized spacial score (nSPS) is 12.1. The number of hydrogen-bond acceptors (Lipinski definition) is 3. The third kappa shape index (κ3) is 3.45. The monoisotopic (exact) mass is 196 g/mol. The molecule has 2 nitrogen and oxygen atoms in total. The van der Waals surface area contributed by atoms with Crippen LogP contribution in [0, 0.1) is 17.1 Å². The van der Waals surface area contributed by atoms with Crippen molar-refractivity contribution in [3.05, 3.63) is 30.1 Å². The van der Waals surface area contributed by atoms with Gasteiger partial charge < -0.3 is 5.73 Å². The van der Waals surface area contributed by atoms with Gasteiger partial charge in [-0.15, -0.1) is 11.8 Å². The van der Waals surface area contributed by atoms with Gasteiger partial charge >= 0.3 is 0 Å². The quantitative estimate of drug-likeness (QED) is 0.749. The second-order valence-corrected chi connectivity index (χ2v) is 3.59. The average Bonchev–Trinajstić information content (AvgIpc) is 2.16.